The van der Waals surface area contributed by atoms with Gasteiger partial charge in [-0.2, -0.15) is 0 Å². The number of hydrogen-bond acceptors (Lipinski definition) is 1. The summed E-state index contributed by atoms with van der Waals surface area (Å²) in [7, 11) is 1.70. The van der Waals surface area contributed by atoms with Crippen LogP contribution in [0.15, 0.2) is 30.0 Å². The van der Waals surface area contributed by atoms with E-state index >= 15 is 0 Å². The molecule has 0 amide bonds. The first-order valence-electron chi connectivity index (χ1n) is 6.62. The Morgan fingerprint density at radius 1 is 1.39 bits per heavy atom. The van der Waals surface area contributed by atoms with Crippen LogP contribution in [0.25, 0.3) is 0 Å². The van der Waals surface area contributed by atoms with E-state index < -0.39 is 0 Å². The molecule has 2 rings (SSSR count). The van der Waals surface area contributed by atoms with Crippen molar-refractivity contribution >= 4 is 0 Å². The van der Waals surface area contributed by atoms with E-state index in [0.717, 1.165) is 19.3 Å². The van der Waals surface area contributed by atoms with E-state index in [9.17, 15) is 4.39 Å². The summed E-state index contributed by atoms with van der Waals surface area (Å²) in [5.74, 6) is 0.906. The van der Waals surface area contributed by atoms with Crippen molar-refractivity contribution in [3.63, 3.8) is 0 Å². The van der Waals surface area contributed by atoms with Gasteiger partial charge in [0.1, 0.15) is 5.82 Å². The largest absolute Gasteiger partial charge is 0.504 e. The summed E-state index contributed by atoms with van der Waals surface area (Å²) in [4.78, 5) is 0. The molecule has 1 aromatic rings. The first-order valence-corrected chi connectivity index (χ1v) is 6.62. The Bertz CT molecular complexity index is 448. The fraction of sp³-hybridized carbons (Fsp3) is 0.500. The Morgan fingerprint density at radius 3 is 2.83 bits per heavy atom. The zero-order valence-corrected chi connectivity index (χ0v) is 11.4. The molecular weight excluding hydrogens is 227 g/mol. The molecule has 0 spiro atoms. The van der Waals surface area contributed by atoms with Gasteiger partial charge in [-0.1, -0.05) is 19.9 Å². The minimum absolute atomic E-state index is 0.122. The van der Waals surface area contributed by atoms with Crippen LogP contribution < -0.4 is 0 Å². The summed E-state index contributed by atoms with van der Waals surface area (Å²) in [5.41, 5.74) is 3.83. The summed E-state index contributed by atoms with van der Waals surface area (Å²) in [6, 6.07) is 5.18. The number of methoxy groups -OCH3 is 1. The molecule has 0 aromatic heterocycles. The molecule has 0 saturated heterocycles. The van der Waals surface area contributed by atoms with Gasteiger partial charge in [-0.15, -0.1) is 0 Å². The van der Waals surface area contributed by atoms with Gasteiger partial charge in [0.2, 0.25) is 0 Å². The second-order valence-corrected chi connectivity index (χ2v) is 5.36. The molecule has 0 bridgehead atoms. The topological polar surface area (TPSA) is 9.23 Å². The van der Waals surface area contributed by atoms with Crippen molar-refractivity contribution in [1.82, 2.24) is 0 Å². The first kappa shape index (κ1) is 13.1. The summed E-state index contributed by atoms with van der Waals surface area (Å²) >= 11 is 0. The van der Waals surface area contributed by atoms with Gasteiger partial charge >= 0.3 is 0 Å². The molecule has 1 aliphatic rings. The molecule has 0 radical (unpaired) electrons. The fourth-order valence-electron chi connectivity index (χ4n) is 2.85. The number of benzene rings is 1. The molecule has 1 aliphatic carbocycles. The van der Waals surface area contributed by atoms with E-state index in [2.05, 4.69) is 13.8 Å². The highest BCUT2D eigenvalue weighted by molar-refractivity contribution is 5.32. The van der Waals surface area contributed by atoms with E-state index in [1.165, 1.54) is 16.7 Å². The Morgan fingerprint density at radius 2 is 2.17 bits per heavy atom. The highest BCUT2D eigenvalue weighted by Gasteiger charge is 2.23. The molecule has 0 heterocycles. The van der Waals surface area contributed by atoms with Crippen LogP contribution in [0.1, 0.15) is 31.4 Å². The summed E-state index contributed by atoms with van der Waals surface area (Å²) in [6.45, 7) is 4.40. The zero-order valence-electron chi connectivity index (χ0n) is 11.4. The van der Waals surface area contributed by atoms with Crippen LogP contribution in [-0.2, 0) is 17.6 Å². The fourth-order valence-corrected chi connectivity index (χ4v) is 2.85. The molecule has 0 N–H and O–H groups in total. The van der Waals surface area contributed by atoms with Crippen molar-refractivity contribution in [2.24, 2.45) is 11.8 Å². The van der Waals surface area contributed by atoms with Crippen LogP contribution >= 0.6 is 0 Å². The Hall–Kier alpha value is -1.31. The highest BCUT2D eigenvalue weighted by Crippen LogP contribution is 2.33. The highest BCUT2D eigenvalue weighted by atomic mass is 19.1. The van der Waals surface area contributed by atoms with E-state index in [0.29, 0.717) is 11.8 Å². The van der Waals surface area contributed by atoms with E-state index in [4.69, 9.17) is 4.74 Å². The molecule has 18 heavy (non-hydrogen) atoms. The molecule has 0 saturated carbocycles. The molecule has 98 valence electrons. The average Bonchev–Trinajstić information content (AvgIpc) is 2.35. The molecule has 2 heteroatoms. The van der Waals surface area contributed by atoms with Crippen molar-refractivity contribution in [2.45, 2.75) is 33.1 Å². The van der Waals surface area contributed by atoms with Gasteiger partial charge in [-0.25, -0.2) is 4.39 Å². The van der Waals surface area contributed by atoms with Crippen molar-refractivity contribution in [3.05, 3.63) is 47.0 Å². The number of allylic oxidation sites excluding steroid dienone is 1. The number of aryl methyl sites for hydroxylation is 1. The number of halogens is 1. The van der Waals surface area contributed by atoms with Crippen molar-refractivity contribution in [3.8, 4) is 0 Å². The van der Waals surface area contributed by atoms with Crippen molar-refractivity contribution < 1.29 is 9.13 Å². The van der Waals surface area contributed by atoms with Gasteiger partial charge in [0, 0.05) is 0 Å². The first-order chi connectivity index (χ1) is 8.61. The maximum atomic E-state index is 13.2. The Kier molecular flexibility index (Phi) is 4.05. The van der Waals surface area contributed by atoms with Gasteiger partial charge in [0.15, 0.2) is 0 Å². The van der Waals surface area contributed by atoms with Gasteiger partial charge in [0.25, 0.3) is 0 Å². The van der Waals surface area contributed by atoms with Crippen LogP contribution in [0, 0.1) is 17.7 Å². The molecule has 1 atom stereocenters. The van der Waals surface area contributed by atoms with E-state index in [1.54, 1.807) is 19.2 Å². The van der Waals surface area contributed by atoms with Crippen molar-refractivity contribution in [1.29, 1.82) is 0 Å². The lowest BCUT2D eigenvalue weighted by Gasteiger charge is -2.28. The maximum absolute atomic E-state index is 13.2. The number of fused-ring (bicyclic) bond motifs is 1. The molecule has 1 nitrogen and oxygen atoms in total. The second-order valence-electron chi connectivity index (χ2n) is 5.36. The predicted octanol–water partition coefficient (Wildman–Crippen LogP) is 4.12. The molecule has 1 aromatic carbocycles. The van der Waals surface area contributed by atoms with Crippen LogP contribution in [0.5, 0.6) is 0 Å². The minimum atomic E-state index is -0.122. The SMILES string of the molecule is CO/C=C(\C(C)C)[C@H]1CCc2cc(F)ccc2C1. The second kappa shape index (κ2) is 5.55. The van der Waals surface area contributed by atoms with Crippen LogP contribution in [0.3, 0.4) is 0 Å². The zero-order chi connectivity index (χ0) is 13.1. The molecule has 0 aliphatic heterocycles. The van der Waals surface area contributed by atoms with Crippen LogP contribution in [0.2, 0.25) is 0 Å². The average molecular weight is 248 g/mol. The predicted molar refractivity (Wildman–Crippen MR) is 71.8 cm³/mol. The molecule has 0 unspecified atom stereocenters. The van der Waals surface area contributed by atoms with Gasteiger partial charge in [-0.05, 0) is 59.9 Å². The molecular formula is C16H21FO. The third-order valence-corrected chi connectivity index (χ3v) is 3.79. The number of ether oxygens (including phenoxy) is 1. The van der Waals surface area contributed by atoms with Crippen LogP contribution in [-0.4, -0.2) is 7.11 Å². The van der Waals surface area contributed by atoms with Gasteiger partial charge in [-0.3, -0.25) is 0 Å². The van der Waals surface area contributed by atoms with Gasteiger partial charge in [0.05, 0.1) is 13.4 Å². The van der Waals surface area contributed by atoms with Crippen molar-refractivity contribution in [2.75, 3.05) is 7.11 Å². The quantitative estimate of drug-likeness (QED) is 0.731. The monoisotopic (exact) mass is 248 g/mol. The summed E-state index contributed by atoms with van der Waals surface area (Å²) in [5, 5.41) is 0. The smallest absolute Gasteiger partial charge is 0.123 e. The Labute approximate surface area is 109 Å². The summed E-state index contributed by atoms with van der Waals surface area (Å²) < 4.78 is 18.4. The summed E-state index contributed by atoms with van der Waals surface area (Å²) in [6.07, 6.45) is 4.95. The number of rotatable bonds is 3. The van der Waals surface area contributed by atoms with E-state index in [1.807, 2.05) is 12.3 Å². The lowest BCUT2D eigenvalue weighted by atomic mass is 9.77. The Balaban J connectivity index is 2.21. The standard InChI is InChI=1S/C16H21FO/c1-11(2)16(10-18-3)14-5-4-13-9-15(17)7-6-12(13)8-14/h6-7,9-11,14H,4-5,8H2,1-3H3/b16-10+/t14-/m0/s1. The number of hydrogen-bond donors (Lipinski definition) is 0. The lowest BCUT2D eigenvalue weighted by molar-refractivity contribution is 0.318. The third kappa shape index (κ3) is 2.74. The maximum Gasteiger partial charge on any atom is 0.123 e. The van der Waals surface area contributed by atoms with E-state index in [-0.39, 0.29) is 5.82 Å². The minimum Gasteiger partial charge on any atom is -0.504 e. The third-order valence-electron chi connectivity index (χ3n) is 3.79. The molecule has 0 fully saturated rings. The lowest BCUT2D eigenvalue weighted by Crippen LogP contribution is -2.19. The van der Waals surface area contributed by atoms with Gasteiger partial charge < -0.3 is 4.74 Å². The normalized spacial score (nSPS) is 19.8. The van der Waals surface area contributed by atoms with Crippen LogP contribution in [0.4, 0.5) is 4.39 Å².